The van der Waals surface area contributed by atoms with Gasteiger partial charge in [0.05, 0.1) is 5.69 Å². The first-order chi connectivity index (χ1) is 8.69. The van der Waals surface area contributed by atoms with Crippen molar-refractivity contribution in [2.24, 2.45) is 0 Å². The van der Waals surface area contributed by atoms with E-state index >= 15 is 0 Å². The number of aryl methyl sites for hydroxylation is 1. The molecular weight excluding hydrogens is 268 g/mol. The molecule has 0 aliphatic heterocycles. The largest absolute Gasteiger partial charge is 0.292 e. The molecule has 2 aromatic rings. The number of halogens is 1. The molecule has 0 aliphatic rings. The minimum atomic E-state index is 0.672. The molecule has 0 radical (unpaired) electrons. The molecule has 2 rings (SSSR count). The van der Waals surface area contributed by atoms with Gasteiger partial charge in [-0.3, -0.25) is 9.88 Å². The van der Waals surface area contributed by atoms with E-state index in [0.717, 1.165) is 30.2 Å². The van der Waals surface area contributed by atoms with E-state index in [4.69, 9.17) is 11.6 Å². The third-order valence-corrected chi connectivity index (χ3v) is 3.65. The average Bonchev–Trinajstić information content (AvgIpc) is 2.74. The Morgan fingerprint density at radius 2 is 2.17 bits per heavy atom. The zero-order valence-corrected chi connectivity index (χ0v) is 12.0. The Hall–Kier alpha value is -1.04. The summed E-state index contributed by atoms with van der Waals surface area (Å²) in [5.41, 5.74) is 2.95. The van der Waals surface area contributed by atoms with Gasteiger partial charge in [0.1, 0.15) is 10.0 Å². The van der Waals surface area contributed by atoms with E-state index in [-0.39, 0.29) is 0 Å². The lowest BCUT2D eigenvalue weighted by Gasteiger charge is -2.18. The topological polar surface area (TPSA) is 41.9 Å². The monoisotopic (exact) mass is 282 g/mol. The molecule has 0 saturated carbocycles. The zero-order valence-electron chi connectivity index (χ0n) is 10.4. The first-order valence-corrected chi connectivity index (χ1v) is 6.95. The molecule has 18 heavy (non-hydrogen) atoms. The fraction of sp³-hybridized carbons (Fsp3) is 0.417. The highest BCUT2D eigenvalue weighted by Gasteiger charge is 2.11. The molecule has 0 bridgehead atoms. The smallest absolute Gasteiger partial charge is 0.138 e. The SMILES string of the molecule is CCN(Cc1cccc(C)n1)Cc1nnsc1Cl. The molecule has 4 nitrogen and oxygen atoms in total. The van der Waals surface area contributed by atoms with E-state index in [1.54, 1.807) is 0 Å². The highest BCUT2D eigenvalue weighted by Crippen LogP contribution is 2.19. The van der Waals surface area contributed by atoms with Gasteiger partial charge in [-0.2, -0.15) is 0 Å². The fourth-order valence-corrected chi connectivity index (χ4v) is 2.31. The third kappa shape index (κ3) is 3.48. The lowest BCUT2D eigenvalue weighted by atomic mass is 10.3. The van der Waals surface area contributed by atoms with E-state index in [2.05, 4.69) is 26.4 Å². The second-order valence-electron chi connectivity index (χ2n) is 4.07. The van der Waals surface area contributed by atoms with Crippen molar-refractivity contribution in [3.8, 4) is 0 Å². The Kier molecular flexibility index (Phi) is 4.63. The van der Waals surface area contributed by atoms with Gasteiger partial charge >= 0.3 is 0 Å². The lowest BCUT2D eigenvalue weighted by Crippen LogP contribution is -2.23. The molecule has 0 aliphatic carbocycles. The molecule has 96 valence electrons. The first-order valence-electron chi connectivity index (χ1n) is 5.80. The molecule has 0 aromatic carbocycles. The maximum Gasteiger partial charge on any atom is 0.138 e. The Morgan fingerprint density at radius 1 is 1.33 bits per heavy atom. The van der Waals surface area contributed by atoms with Crippen molar-refractivity contribution in [2.75, 3.05) is 6.54 Å². The standard InChI is InChI=1S/C12H15ClN4S/c1-3-17(8-11-12(13)18-16-15-11)7-10-6-4-5-9(2)14-10/h4-6H,3,7-8H2,1-2H3. The number of nitrogens with zero attached hydrogens (tertiary/aromatic N) is 4. The van der Waals surface area contributed by atoms with Gasteiger partial charge in [-0.15, -0.1) is 5.10 Å². The second kappa shape index (κ2) is 6.22. The summed E-state index contributed by atoms with van der Waals surface area (Å²) in [5, 5.41) is 4.04. The minimum Gasteiger partial charge on any atom is -0.292 e. The van der Waals surface area contributed by atoms with E-state index in [1.165, 1.54) is 11.5 Å². The number of aromatic nitrogens is 3. The minimum absolute atomic E-state index is 0.672. The van der Waals surface area contributed by atoms with Crippen LogP contribution in [-0.4, -0.2) is 26.0 Å². The summed E-state index contributed by atoms with van der Waals surface area (Å²) >= 11 is 7.25. The molecule has 0 unspecified atom stereocenters. The predicted octanol–water partition coefficient (Wildman–Crippen LogP) is 2.92. The van der Waals surface area contributed by atoms with Crippen molar-refractivity contribution in [3.63, 3.8) is 0 Å². The van der Waals surface area contributed by atoms with E-state index < -0.39 is 0 Å². The summed E-state index contributed by atoms with van der Waals surface area (Å²) in [7, 11) is 0. The Morgan fingerprint density at radius 3 is 2.78 bits per heavy atom. The number of hydrogen-bond acceptors (Lipinski definition) is 5. The van der Waals surface area contributed by atoms with Gasteiger partial charge in [0.25, 0.3) is 0 Å². The maximum atomic E-state index is 6.02. The Bertz CT molecular complexity index is 514. The van der Waals surface area contributed by atoms with Crippen molar-refractivity contribution < 1.29 is 0 Å². The summed E-state index contributed by atoms with van der Waals surface area (Å²) in [6.07, 6.45) is 0. The van der Waals surface area contributed by atoms with Crippen LogP contribution in [0.15, 0.2) is 18.2 Å². The van der Waals surface area contributed by atoms with Crippen molar-refractivity contribution in [1.82, 2.24) is 19.5 Å². The molecule has 0 atom stereocenters. The van der Waals surface area contributed by atoms with Crippen LogP contribution in [-0.2, 0) is 13.1 Å². The molecule has 6 heteroatoms. The summed E-state index contributed by atoms with van der Waals surface area (Å²) in [5.74, 6) is 0. The number of rotatable bonds is 5. The Balaban J connectivity index is 2.04. The molecule has 0 N–H and O–H groups in total. The van der Waals surface area contributed by atoms with E-state index in [1.807, 2.05) is 25.1 Å². The second-order valence-corrected chi connectivity index (χ2v) is 5.42. The van der Waals surface area contributed by atoms with Crippen LogP contribution < -0.4 is 0 Å². The van der Waals surface area contributed by atoms with Crippen molar-refractivity contribution in [3.05, 3.63) is 39.6 Å². The molecule has 0 amide bonds. The molecule has 0 fully saturated rings. The van der Waals surface area contributed by atoms with Crippen molar-refractivity contribution >= 4 is 23.1 Å². The molecule has 2 aromatic heterocycles. The van der Waals surface area contributed by atoms with Gasteiger partial charge < -0.3 is 0 Å². The van der Waals surface area contributed by atoms with Gasteiger partial charge in [0.2, 0.25) is 0 Å². The first kappa shape index (κ1) is 13.4. The van der Waals surface area contributed by atoms with Gasteiger partial charge in [0.15, 0.2) is 0 Å². The zero-order chi connectivity index (χ0) is 13.0. The summed E-state index contributed by atoms with van der Waals surface area (Å²) in [6, 6.07) is 6.07. The van der Waals surface area contributed by atoms with Gasteiger partial charge in [-0.05, 0) is 25.6 Å². The third-order valence-electron chi connectivity index (χ3n) is 2.66. The fourth-order valence-electron chi connectivity index (χ4n) is 1.70. The number of pyridine rings is 1. The molecule has 2 heterocycles. The quantitative estimate of drug-likeness (QED) is 0.846. The van der Waals surface area contributed by atoms with Crippen molar-refractivity contribution in [1.29, 1.82) is 0 Å². The number of hydrogen-bond donors (Lipinski definition) is 0. The maximum absolute atomic E-state index is 6.02. The highest BCUT2D eigenvalue weighted by atomic mass is 35.5. The van der Waals surface area contributed by atoms with Crippen LogP contribution in [0.1, 0.15) is 24.0 Å². The predicted molar refractivity (Wildman–Crippen MR) is 73.7 cm³/mol. The summed E-state index contributed by atoms with van der Waals surface area (Å²) in [6.45, 7) is 6.54. The van der Waals surface area contributed by atoms with Crippen LogP contribution in [0.25, 0.3) is 0 Å². The molecule has 0 spiro atoms. The van der Waals surface area contributed by atoms with Crippen LogP contribution in [0.2, 0.25) is 4.34 Å². The summed E-state index contributed by atoms with van der Waals surface area (Å²) < 4.78 is 4.52. The normalized spacial score (nSPS) is 11.1. The van der Waals surface area contributed by atoms with Crippen LogP contribution in [0.4, 0.5) is 0 Å². The van der Waals surface area contributed by atoms with Crippen LogP contribution >= 0.6 is 23.1 Å². The average molecular weight is 283 g/mol. The van der Waals surface area contributed by atoms with Crippen molar-refractivity contribution in [2.45, 2.75) is 26.9 Å². The summed E-state index contributed by atoms with van der Waals surface area (Å²) in [4.78, 5) is 6.75. The van der Waals surface area contributed by atoms with Crippen LogP contribution in [0.3, 0.4) is 0 Å². The van der Waals surface area contributed by atoms with E-state index in [9.17, 15) is 0 Å². The van der Waals surface area contributed by atoms with E-state index in [0.29, 0.717) is 10.9 Å². The highest BCUT2D eigenvalue weighted by molar-refractivity contribution is 7.10. The van der Waals surface area contributed by atoms with Crippen LogP contribution in [0.5, 0.6) is 0 Å². The van der Waals surface area contributed by atoms with Gasteiger partial charge in [-0.1, -0.05) is 29.1 Å². The van der Waals surface area contributed by atoms with Crippen LogP contribution in [0, 0.1) is 6.92 Å². The Labute approximate surface area is 116 Å². The lowest BCUT2D eigenvalue weighted by molar-refractivity contribution is 0.264. The van der Waals surface area contributed by atoms with Gasteiger partial charge in [-0.25, -0.2) is 0 Å². The molecule has 0 saturated heterocycles. The molecular formula is C12H15ClN4S. The van der Waals surface area contributed by atoms with Gasteiger partial charge in [0, 0.05) is 30.3 Å².